The Balaban J connectivity index is 1.62. The summed E-state index contributed by atoms with van der Waals surface area (Å²) >= 11 is 0. The van der Waals surface area contributed by atoms with Gasteiger partial charge in [-0.3, -0.25) is 5.10 Å². The highest BCUT2D eigenvalue weighted by Crippen LogP contribution is 2.57. The first kappa shape index (κ1) is 11.3. The number of nitrogens with zero attached hydrogens (tertiary/aromatic N) is 1. The van der Waals surface area contributed by atoms with E-state index in [-0.39, 0.29) is 11.3 Å². The summed E-state index contributed by atoms with van der Waals surface area (Å²) in [7, 11) is 0. The van der Waals surface area contributed by atoms with Gasteiger partial charge in [-0.25, -0.2) is 4.79 Å². The number of aromatic carboxylic acids is 1. The summed E-state index contributed by atoms with van der Waals surface area (Å²) in [5.41, 5.74) is -0.0428. The van der Waals surface area contributed by atoms with E-state index in [1.165, 1.54) is 25.5 Å². The molecule has 0 amide bonds. The Hall–Kier alpha value is -1.52. The standard InChI is InChI=1S/C14H18N2O3/c17-13(18)12-11(7-15-16-12)19-14-4-8-1-9(5-14)3-10(2-8)6-14/h7-10H,1-6H2,(H,15,16)(H,17,18). The highest BCUT2D eigenvalue weighted by Gasteiger charge is 2.52. The second-order valence-electron chi connectivity index (χ2n) is 6.62. The van der Waals surface area contributed by atoms with Crippen LogP contribution in [0.4, 0.5) is 0 Å². The molecule has 0 unspecified atom stereocenters. The molecule has 0 radical (unpaired) electrons. The van der Waals surface area contributed by atoms with Gasteiger partial charge in [0.1, 0.15) is 5.60 Å². The molecule has 1 aromatic heterocycles. The van der Waals surface area contributed by atoms with E-state index >= 15 is 0 Å². The van der Waals surface area contributed by atoms with Crippen molar-refractivity contribution < 1.29 is 14.6 Å². The average molecular weight is 262 g/mol. The van der Waals surface area contributed by atoms with Crippen molar-refractivity contribution in [2.24, 2.45) is 17.8 Å². The molecule has 5 nitrogen and oxygen atoms in total. The highest BCUT2D eigenvalue weighted by atomic mass is 16.5. The first-order valence-electron chi connectivity index (χ1n) is 7.09. The lowest BCUT2D eigenvalue weighted by atomic mass is 9.54. The SMILES string of the molecule is O=C(O)c1[nH]ncc1OC12CC3CC(CC(C3)C1)C2. The van der Waals surface area contributed by atoms with Crippen LogP contribution in [0.1, 0.15) is 49.0 Å². The predicted molar refractivity (Wildman–Crippen MR) is 67.1 cm³/mol. The van der Waals surface area contributed by atoms with E-state index in [1.807, 2.05) is 0 Å². The number of rotatable bonds is 3. The molecule has 1 aromatic rings. The molecular weight excluding hydrogens is 244 g/mol. The number of ether oxygens (including phenoxy) is 1. The summed E-state index contributed by atoms with van der Waals surface area (Å²) in [4.78, 5) is 11.1. The van der Waals surface area contributed by atoms with Crippen molar-refractivity contribution >= 4 is 5.97 Å². The fraction of sp³-hybridized carbons (Fsp3) is 0.714. The minimum Gasteiger partial charge on any atom is -0.483 e. The third kappa shape index (κ3) is 1.75. The van der Waals surface area contributed by atoms with E-state index < -0.39 is 5.97 Å². The van der Waals surface area contributed by atoms with E-state index in [0.717, 1.165) is 37.0 Å². The fourth-order valence-electron chi connectivity index (χ4n) is 4.90. The van der Waals surface area contributed by atoms with Gasteiger partial charge in [0.25, 0.3) is 0 Å². The van der Waals surface area contributed by atoms with Crippen molar-refractivity contribution in [3.63, 3.8) is 0 Å². The van der Waals surface area contributed by atoms with Gasteiger partial charge in [0.05, 0.1) is 6.20 Å². The number of nitrogens with one attached hydrogen (secondary N) is 1. The number of hydrogen-bond donors (Lipinski definition) is 2. The lowest BCUT2D eigenvalue weighted by molar-refractivity contribution is -0.107. The van der Waals surface area contributed by atoms with Gasteiger partial charge in [0.15, 0.2) is 11.4 Å². The zero-order chi connectivity index (χ0) is 13.0. The van der Waals surface area contributed by atoms with Crippen LogP contribution in [0.25, 0.3) is 0 Å². The zero-order valence-electron chi connectivity index (χ0n) is 10.8. The summed E-state index contributed by atoms with van der Waals surface area (Å²) < 4.78 is 6.17. The van der Waals surface area contributed by atoms with Gasteiger partial charge in [0.2, 0.25) is 0 Å². The summed E-state index contributed by atoms with van der Waals surface area (Å²) in [6.07, 6.45) is 8.80. The highest BCUT2D eigenvalue weighted by molar-refractivity contribution is 5.88. The van der Waals surface area contributed by atoms with Crippen LogP contribution < -0.4 is 4.74 Å². The number of aromatic nitrogens is 2. The summed E-state index contributed by atoms with van der Waals surface area (Å²) in [5, 5.41) is 15.4. The molecule has 4 saturated carbocycles. The van der Waals surface area contributed by atoms with E-state index in [4.69, 9.17) is 9.84 Å². The monoisotopic (exact) mass is 262 g/mol. The van der Waals surface area contributed by atoms with Crippen molar-refractivity contribution in [3.8, 4) is 5.75 Å². The third-order valence-corrected chi connectivity index (χ3v) is 5.13. The first-order chi connectivity index (χ1) is 9.13. The second-order valence-corrected chi connectivity index (χ2v) is 6.62. The number of H-pyrrole nitrogens is 1. The van der Waals surface area contributed by atoms with Crippen molar-refractivity contribution in [3.05, 3.63) is 11.9 Å². The zero-order valence-corrected chi connectivity index (χ0v) is 10.8. The molecule has 2 N–H and O–H groups in total. The van der Waals surface area contributed by atoms with Crippen LogP contribution in [-0.4, -0.2) is 26.9 Å². The smallest absolute Gasteiger partial charge is 0.357 e. The van der Waals surface area contributed by atoms with Gasteiger partial charge in [-0.2, -0.15) is 5.10 Å². The molecule has 19 heavy (non-hydrogen) atoms. The van der Waals surface area contributed by atoms with Crippen molar-refractivity contribution in [1.29, 1.82) is 0 Å². The van der Waals surface area contributed by atoms with E-state index in [9.17, 15) is 4.79 Å². The average Bonchev–Trinajstić information content (AvgIpc) is 2.74. The van der Waals surface area contributed by atoms with Gasteiger partial charge in [-0.05, 0) is 56.3 Å². The quantitative estimate of drug-likeness (QED) is 0.877. The molecule has 4 aliphatic carbocycles. The molecule has 5 heteroatoms. The summed E-state index contributed by atoms with van der Waals surface area (Å²) in [6.45, 7) is 0. The molecule has 4 bridgehead atoms. The maximum Gasteiger partial charge on any atom is 0.357 e. The van der Waals surface area contributed by atoms with E-state index in [2.05, 4.69) is 10.2 Å². The van der Waals surface area contributed by atoms with E-state index in [0.29, 0.717) is 5.75 Å². The molecule has 102 valence electrons. The largest absolute Gasteiger partial charge is 0.483 e. The Labute approximate surface area is 111 Å². The molecule has 0 aliphatic heterocycles. The molecule has 0 saturated heterocycles. The second kappa shape index (κ2) is 3.74. The lowest BCUT2D eigenvalue weighted by Crippen LogP contribution is -2.53. The van der Waals surface area contributed by atoms with Gasteiger partial charge in [0, 0.05) is 0 Å². The Morgan fingerprint density at radius 3 is 2.37 bits per heavy atom. The lowest BCUT2D eigenvalue weighted by Gasteiger charge is -2.56. The van der Waals surface area contributed by atoms with Crippen LogP contribution in [0.3, 0.4) is 0 Å². The maximum atomic E-state index is 11.1. The number of aromatic amines is 1. The van der Waals surface area contributed by atoms with Crippen LogP contribution in [-0.2, 0) is 0 Å². The van der Waals surface area contributed by atoms with Crippen LogP contribution in [0.15, 0.2) is 6.20 Å². The molecule has 4 aliphatic rings. The Kier molecular flexibility index (Phi) is 2.23. The van der Waals surface area contributed by atoms with E-state index in [1.54, 1.807) is 0 Å². The summed E-state index contributed by atoms with van der Waals surface area (Å²) in [5.74, 6) is 1.76. The molecular formula is C14H18N2O3. The third-order valence-electron chi connectivity index (χ3n) is 5.13. The molecule has 5 rings (SSSR count). The minimum atomic E-state index is -1.00. The fourth-order valence-corrected chi connectivity index (χ4v) is 4.90. The molecule has 0 aromatic carbocycles. The van der Waals surface area contributed by atoms with Gasteiger partial charge < -0.3 is 9.84 Å². The van der Waals surface area contributed by atoms with Crippen LogP contribution in [0.5, 0.6) is 5.75 Å². The number of carbonyl (C=O) groups is 1. The molecule has 1 heterocycles. The number of hydrogen-bond acceptors (Lipinski definition) is 3. The van der Waals surface area contributed by atoms with Gasteiger partial charge in [-0.15, -0.1) is 0 Å². The minimum absolute atomic E-state index is 0.0794. The molecule has 0 atom stereocenters. The molecule has 4 fully saturated rings. The van der Waals surface area contributed by atoms with Crippen molar-refractivity contribution in [2.75, 3.05) is 0 Å². The maximum absolute atomic E-state index is 11.1. The van der Waals surface area contributed by atoms with Gasteiger partial charge >= 0.3 is 5.97 Å². The van der Waals surface area contributed by atoms with Crippen LogP contribution in [0.2, 0.25) is 0 Å². The number of carboxylic acids is 1. The van der Waals surface area contributed by atoms with Gasteiger partial charge in [-0.1, -0.05) is 0 Å². The molecule has 0 spiro atoms. The Morgan fingerprint density at radius 2 is 1.84 bits per heavy atom. The van der Waals surface area contributed by atoms with Crippen LogP contribution in [0, 0.1) is 17.8 Å². The number of carboxylic acid groups (broad SMARTS) is 1. The van der Waals surface area contributed by atoms with Crippen molar-refractivity contribution in [1.82, 2.24) is 10.2 Å². The Bertz CT molecular complexity index is 487. The normalized spacial score (nSPS) is 39.5. The predicted octanol–water partition coefficient (Wildman–Crippen LogP) is 2.46. The first-order valence-corrected chi connectivity index (χ1v) is 7.09. The summed E-state index contributed by atoms with van der Waals surface area (Å²) in [6, 6.07) is 0. The van der Waals surface area contributed by atoms with Crippen LogP contribution >= 0.6 is 0 Å². The topological polar surface area (TPSA) is 75.2 Å². The Morgan fingerprint density at radius 1 is 1.26 bits per heavy atom. The van der Waals surface area contributed by atoms with Crippen molar-refractivity contribution in [2.45, 2.75) is 44.1 Å².